The average Bonchev–Trinajstić information content (AvgIpc) is 2.01. The fourth-order valence-corrected chi connectivity index (χ4v) is 1.59. The van der Waals surface area contributed by atoms with Crippen LogP contribution in [0, 0.1) is 6.92 Å². The summed E-state index contributed by atoms with van der Waals surface area (Å²) in [5, 5.41) is 9.38. The SMILES string of the molecule is Cc1cc(CON)cc(Br)c1O. The van der Waals surface area contributed by atoms with Crippen LogP contribution in [0.4, 0.5) is 0 Å². The van der Waals surface area contributed by atoms with Gasteiger partial charge in [0, 0.05) is 0 Å². The van der Waals surface area contributed by atoms with Gasteiger partial charge in [-0.2, -0.15) is 0 Å². The Morgan fingerprint density at radius 1 is 1.58 bits per heavy atom. The molecule has 1 rings (SSSR count). The Labute approximate surface area is 79.2 Å². The Bertz CT molecular complexity index is 265. The lowest BCUT2D eigenvalue weighted by Crippen LogP contribution is -1.99. The number of hydrogen-bond donors (Lipinski definition) is 2. The van der Waals surface area contributed by atoms with E-state index in [1.54, 1.807) is 6.07 Å². The predicted molar refractivity (Wildman–Crippen MR) is 49.5 cm³/mol. The number of aromatic hydroxyl groups is 1. The van der Waals surface area contributed by atoms with E-state index in [-0.39, 0.29) is 5.75 Å². The van der Waals surface area contributed by atoms with Gasteiger partial charge < -0.3 is 5.11 Å². The first-order valence-electron chi connectivity index (χ1n) is 3.45. The van der Waals surface area contributed by atoms with Crippen LogP contribution in [0.3, 0.4) is 0 Å². The van der Waals surface area contributed by atoms with Gasteiger partial charge >= 0.3 is 0 Å². The molecule has 0 aromatic heterocycles. The van der Waals surface area contributed by atoms with Gasteiger partial charge in [0.25, 0.3) is 0 Å². The van der Waals surface area contributed by atoms with Gasteiger partial charge in [-0.1, -0.05) is 0 Å². The van der Waals surface area contributed by atoms with Gasteiger partial charge in [-0.05, 0) is 46.1 Å². The molecule has 0 atom stereocenters. The van der Waals surface area contributed by atoms with Crippen molar-refractivity contribution in [3.05, 3.63) is 27.7 Å². The third-order valence-corrected chi connectivity index (χ3v) is 2.17. The third-order valence-electron chi connectivity index (χ3n) is 1.56. The van der Waals surface area contributed by atoms with Crippen molar-refractivity contribution in [1.29, 1.82) is 0 Å². The largest absolute Gasteiger partial charge is 0.506 e. The van der Waals surface area contributed by atoms with Crippen molar-refractivity contribution in [3.8, 4) is 5.75 Å². The summed E-state index contributed by atoms with van der Waals surface area (Å²) in [7, 11) is 0. The topological polar surface area (TPSA) is 55.5 Å². The first kappa shape index (κ1) is 9.51. The number of benzene rings is 1. The molecule has 12 heavy (non-hydrogen) atoms. The molecule has 4 heteroatoms. The van der Waals surface area contributed by atoms with Crippen LogP contribution < -0.4 is 5.90 Å². The Morgan fingerprint density at radius 2 is 2.25 bits per heavy atom. The molecule has 3 nitrogen and oxygen atoms in total. The standard InChI is InChI=1S/C8H10BrNO2/c1-5-2-6(4-12-10)3-7(9)8(5)11/h2-3,11H,4,10H2,1H3. The summed E-state index contributed by atoms with van der Waals surface area (Å²) in [4.78, 5) is 4.48. The molecular weight excluding hydrogens is 222 g/mol. The van der Waals surface area contributed by atoms with E-state index in [0.29, 0.717) is 11.1 Å². The molecule has 0 saturated heterocycles. The van der Waals surface area contributed by atoms with Crippen molar-refractivity contribution in [2.45, 2.75) is 13.5 Å². The van der Waals surface area contributed by atoms with Gasteiger partial charge in [0.2, 0.25) is 0 Å². The second kappa shape index (κ2) is 3.89. The highest BCUT2D eigenvalue weighted by Crippen LogP contribution is 2.28. The van der Waals surface area contributed by atoms with Crippen molar-refractivity contribution in [3.63, 3.8) is 0 Å². The maximum Gasteiger partial charge on any atom is 0.132 e. The third kappa shape index (κ3) is 1.97. The van der Waals surface area contributed by atoms with Gasteiger partial charge in [-0.25, -0.2) is 5.90 Å². The Kier molecular flexibility index (Phi) is 3.08. The second-order valence-electron chi connectivity index (χ2n) is 2.55. The Hall–Kier alpha value is -0.580. The molecule has 0 amide bonds. The van der Waals surface area contributed by atoms with Gasteiger partial charge in [0.15, 0.2) is 0 Å². The Balaban J connectivity index is 3.04. The first-order chi connectivity index (χ1) is 5.65. The lowest BCUT2D eigenvalue weighted by atomic mass is 10.1. The van der Waals surface area contributed by atoms with Crippen LogP contribution in [0.25, 0.3) is 0 Å². The minimum Gasteiger partial charge on any atom is -0.506 e. The molecule has 0 fully saturated rings. The maximum atomic E-state index is 9.38. The molecule has 1 aromatic carbocycles. The van der Waals surface area contributed by atoms with Gasteiger partial charge in [-0.15, -0.1) is 0 Å². The monoisotopic (exact) mass is 231 g/mol. The molecule has 0 radical (unpaired) electrons. The average molecular weight is 232 g/mol. The Morgan fingerprint density at radius 3 is 2.75 bits per heavy atom. The summed E-state index contributed by atoms with van der Waals surface area (Å²) in [6.45, 7) is 2.17. The molecule has 0 bridgehead atoms. The van der Waals surface area contributed by atoms with Crippen molar-refractivity contribution in [1.82, 2.24) is 0 Å². The van der Waals surface area contributed by atoms with Crippen LogP contribution in [0.15, 0.2) is 16.6 Å². The number of rotatable bonds is 2. The molecule has 0 saturated carbocycles. The van der Waals surface area contributed by atoms with Crippen molar-refractivity contribution in [2.24, 2.45) is 5.90 Å². The fourth-order valence-electron chi connectivity index (χ4n) is 0.987. The van der Waals surface area contributed by atoms with Crippen molar-refractivity contribution >= 4 is 15.9 Å². The molecule has 0 aliphatic carbocycles. The van der Waals surface area contributed by atoms with E-state index in [0.717, 1.165) is 11.1 Å². The lowest BCUT2D eigenvalue weighted by Gasteiger charge is -2.05. The zero-order valence-corrected chi connectivity index (χ0v) is 8.26. The number of halogens is 1. The summed E-state index contributed by atoms with van der Waals surface area (Å²) in [6, 6.07) is 3.60. The highest BCUT2D eigenvalue weighted by Gasteiger charge is 2.03. The lowest BCUT2D eigenvalue weighted by molar-refractivity contribution is 0.124. The summed E-state index contributed by atoms with van der Waals surface area (Å²) >= 11 is 3.22. The van der Waals surface area contributed by atoms with E-state index < -0.39 is 0 Å². The summed E-state index contributed by atoms with van der Waals surface area (Å²) in [5.41, 5.74) is 1.73. The highest BCUT2D eigenvalue weighted by atomic mass is 79.9. The second-order valence-corrected chi connectivity index (χ2v) is 3.41. The predicted octanol–water partition coefficient (Wildman–Crippen LogP) is 1.85. The molecular formula is C8H10BrNO2. The number of aryl methyl sites for hydroxylation is 1. The molecule has 0 heterocycles. The van der Waals surface area contributed by atoms with E-state index >= 15 is 0 Å². The normalized spacial score (nSPS) is 10.2. The van der Waals surface area contributed by atoms with Crippen LogP contribution in [0.5, 0.6) is 5.75 Å². The highest BCUT2D eigenvalue weighted by molar-refractivity contribution is 9.10. The zero-order chi connectivity index (χ0) is 9.14. The van der Waals surface area contributed by atoms with Crippen LogP contribution in [0.2, 0.25) is 0 Å². The molecule has 0 unspecified atom stereocenters. The van der Waals surface area contributed by atoms with E-state index in [4.69, 9.17) is 5.90 Å². The molecule has 0 aliphatic heterocycles. The minimum atomic E-state index is 0.260. The first-order valence-corrected chi connectivity index (χ1v) is 4.24. The number of hydrogen-bond acceptors (Lipinski definition) is 3. The van der Waals surface area contributed by atoms with Gasteiger partial charge in [-0.3, -0.25) is 4.84 Å². The summed E-state index contributed by atoms with van der Waals surface area (Å²) in [5.74, 6) is 5.18. The molecule has 3 N–H and O–H groups in total. The van der Waals surface area contributed by atoms with Crippen LogP contribution in [-0.4, -0.2) is 5.11 Å². The fraction of sp³-hybridized carbons (Fsp3) is 0.250. The smallest absolute Gasteiger partial charge is 0.132 e. The zero-order valence-electron chi connectivity index (χ0n) is 6.67. The minimum absolute atomic E-state index is 0.260. The van der Waals surface area contributed by atoms with Crippen LogP contribution in [0.1, 0.15) is 11.1 Å². The van der Waals surface area contributed by atoms with Gasteiger partial charge in [0.1, 0.15) is 5.75 Å². The van der Waals surface area contributed by atoms with Crippen LogP contribution in [-0.2, 0) is 11.4 Å². The van der Waals surface area contributed by atoms with Crippen molar-refractivity contribution < 1.29 is 9.94 Å². The van der Waals surface area contributed by atoms with E-state index in [1.165, 1.54) is 0 Å². The number of phenols is 1. The number of nitrogens with two attached hydrogens (primary N) is 1. The molecule has 0 aliphatic rings. The van der Waals surface area contributed by atoms with Crippen LogP contribution >= 0.6 is 15.9 Å². The van der Waals surface area contributed by atoms with Crippen molar-refractivity contribution in [2.75, 3.05) is 0 Å². The van der Waals surface area contributed by atoms with E-state index in [2.05, 4.69) is 20.8 Å². The van der Waals surface area contributed by atoms with Gasteiger partial charge in [0.05, 0.1) is 11.1 Å². The summed E-state index contributed by atoms with van der Waals surface area (Å²) < 4.78 is 0.662. The molecule has 0 spiro atoms. The quantitative estimate of drug-likeness (QED) is 0.765. The van der Waals surface area contributed by atoms with E-state index in [9.17, 15) is 5.11 Å². The summed E-state index contributed by atoms with van der Waals surface area (Å²) in [6.07, 6.45) is 0. The van der Waals surface area contributed by atoms with E-state index in [1.807, 2.05) is 13.0 Å². The molecule has 66 valence electrons. The number of phenolic OH excluding ortho intramolecular Hbond substituents is 1. The maximum absolute atomic E-state index is 9.38. The molecule has 1 aromatic rings.